The predicted octanol–water partition coefficient (Wildman–Crippen LogP) is 1.41. The Kier molecular flexibility index (Phi) is 1.84. The standard InChI is InChI=1S/C9H15NO/c11-9(10-5-6-10)7-8-3-1-2-4-8/h8H,1-7H2. The van der Waals surface area contributed by atoms with Gasteiger partial charge in [-0.15, -0.1) is 0 Å². The highest BCUT2D eigenvalue weighted by Gasteiger charge is 2.27. The van der Waals surface area contributed by atoms with E-state index in [1.807, 2.05) is 4.90 Å². The molecule has 1 aliphatic heterocycles. The van der Waals surface area contributed by atoms with Crippen molar-refractivity contribution in [2.24, 2.45) is 5.92 Å². The number of carbonyl (C=O) groups excluding carboxylic acids is 1. The molecule has 62 valence electrons. The van der Waals surface area contributed by atoms with Gasteiger partial charge in [0.05, 0.1) is 0 Å². The molecule has 0 atom stereocenters. The first-order chi connectivity index (χ1) is 5.36. The van der Waals surface area contributed by atoms with Gasteiger partial charge in [-0.25, -0.2) is 0 Å². The molecule has 1 aliphatic carbocycles. The third-order valence-corrected chi connectivity index (χ3v) is 2.74. The Hall–Kier alpha value is -0.530. The van der Waals surface area contributed by atoms with Crippen molar-refractivity contribution < 1.29 is 4.79 Å². The van der Waals surface area contributed by atoms with Gasteiger partial charge >= 0.3 is 0 Å². The van der Waals surface area contributed by atoms with Crippen molar-refractivity contribution >= 4 is 5.91 Å². The summed E-state index contributed by atoms with van der Waals surface area (Å²) in [6.07, 6.45) is 6.11. The molecule has 2 heteroatoms. The second-order valence-electron chi connectivity index (χ2n) is 3.74. The Bertz CT molecular complexity index is 157. The van der Waals surface area contributed by atoms with Gasteiger partial charge in [-0.2, -0.15) is 0 Å². The topological polar surface area (TPSA) is 20.1 Å². The van der Waals surface area contributed by atoms with Crippen molar-refractivity contribution in [1.82, 2.24) is 4.90 Å². The number of amides is 1. The quantitative estimate of drug-likeness (QED) is 0.549. The number of rotatable bonds is 2. The Morgan fingerprint density at radius 2 is 1.91 bits per heavy atom. The number of nitrogens with zero attached hydrogens (tertiary/aromatic N) is 1. The maximum Gasteiger partial charge on any atom is 0.222 e. The Labute approximate surface area is 67.6 Å². The van der Waals surface area contributed by atoms with E-state index in [0.29, 0.717) is 5.91 Å². The van der Waals surface area contributed by atoms with Gasteiger partial charge in [-0.3, -0.25) is 4.79 Å². The summed E-state index contributed by atoms with van der Waals surface area (Å²) in [7, 11) is 0. The minimum atomic E-state index is 0.400. The molecular weight excluding hydrogens is 138 g/mol. The lowest BCUT2D eigenvalue weighted by molar-refractivity contribution is -0.126. The lowest BCUT2D eigenvalue weighted by Gasteiger charge is -2.07. The van der Waals surface area contributed by atoms with E-state index in [9.17, 15) is 4.79 Å². The molecule has 0 N–H and O–H groups in total. The van der Waals surface area contributed by atoms with Gasteiger partial charge < -0.3 is 4.90 Å². The summed E-state index contributed by atoms with van der Waals surface area (Å²) < 4.78 is 0. The first-order valence-corrected chi connectivity index (χ1v) is 4.64. The third-order valence-electron chi connectivity index (χ3n) is 2.74. The van der Waals surface area contributed by atoms with Crippen molar-refractivity contribution in [3.63, 3.8) is 0 Å². The van der Waals surface area contributed by atoms with E-state index in [0.717, 1.165) is 25.4 Å². The zero-order valence-electron chi connectivity index (χ0n) is 6.88. The number of carbonyl (C=O) groups is 1. The van der Waals surface area contributed by atoms with Crippen LogP contribution in [0.25, 0.3) is 0 Å². The molecule has 0 aromatic carbocycles. The van der Waals surface area contributed by atoms with Crippen LogP contribution in [-0.2, 0) is 4.79 Å². The van der Waals surface area contributed by atoms with Crippen molar-refractivity contribution in [2.75, 3.05) is 13.1 Å². The number of hydrogen-bond donors (Lipinski definition) is 0. The van der Waals surface area contributed by atoms with Crippen LogP contribution in [0.3, 0.4) is 0 Å². The van der Waals surface area contributed by atoms with E-state index >= 15 is 0 Å². The molecule has 0 unspecified atom stereocenters. The minimum absolute atomic E-state index is 0.400. The van der Waals surface area contributed by atoms with Gasteiger partial charge in [0.2, 0.25) is 5.91 Å². The van der Waals surface area contributed by atoms with Gasteiger partial charge in [0.1, 0.15) is 0 Å². The van der Waals surface area contributed by atoms with Crippen molar-refractivity contribution in [2.45, 2.75) is 32.1 Å². The molecule has 0 spiro atoms. The zero-order valence-corrected chi connectivity index (χ0v) is 6.88. The fourth-order valence-corrected chi connectivity index (χ4v) is 1.89. The SMILES string of the molecule is O=C(CC1CCCC1)N1CC1. The summed E-state index contributed by atoms with van der Waals surface area (Å²) in [5.41, 5.74) is 0. The van der Waals surface area contributed by atoms with E-state index < -0.39 is 0 Å². The molecule has 1 heterocycles. The Morgan fingerprint density at radius 1 is 1.27 bits per heavy atom. The van der Waals surface area contributed by atoms with Crippen LogP contribution in [0.4, 0.5) is 0 Å². The highest BCUT2D eigenvalue weighted by Crippen LogP contribution is 2.28. The third kappa shape index (κ3) is 1.73. The average Bonchev–Trinajstić information content (AvgIpc) is 2.73. The van der Waals surface area contributed by atoms with E-state index in [1.165, 1.54) is 25.7 Å². The van der Waals surface area contributed by atoms with Crippen molar-refractivity contribution in [1.29, 1.82) is 0 Å². The molecule has 0 radical (unpaired) electrons. The Balaban J connectivity index is 1.74. The average molecular weight is 153 g/mol. The largest absolute Gasteiger partial charge is 0.339 e. The van der Waals surface area contributed by atoms with Crippen LogP contribution in [0.15, 0.2) is 0 Å². The fourth-order valence-electron chi connectivity index (χ4n) is 1.89. The number of hydrogen-bond acceptors (Lipinski definition) is 1. The second-order valence-corrected chi connectivity index (χ2v) is 3.74. The molecule has 2 nitrogen and oxygen atoms in total. The smallest absolute Gasteiger partial charge is 0.222 e. The van der Waals surface area contributed by atoms with Crippen LogP contribution in [0.2, 0.25) is 0 Å². The van der Waals surface area contributed by atoms with Gasteiger partial charge in [0, 0.05) is 19.5 Å². The molecule has 0 bridgehead atoms. The maximum atomic E-state index is 11.3. The van der Waals surface area contributed by atoms with Gasteiger partial charge in [0.25, 0.3) is 0 Å². The fraction of sp³-hybridized carbons (Fsp3) is 0.889. The summed E-state index contributed by atoms with van der Waals surface area (Å²) in [4.78, 5) is 13.2. The monoisotopic (exact) mass is 153 g/mol. The summed E-state index contributed by atoms with van der Waals surface area (Å²) >= 11 is 0. The normalized spacial score (nSPS) is 24.2. The molecule has 0 aromatic rings. The van der Waals surface area contributed by atoms with E-state index in [4.69, 9.17) is 0 Å². The van der Waals surface area contributed by atoms with E-state index in [2.05, 4.69) is 0 Å². The van der Waals surface area contributed by atoms with Gasteiger partial charge in [0.15, 0.2) is 0 Å². The maximum absolute atomic E-state index is 11.3. The predicted molar refractivity (Wildman–Crippen MR) is 43.2 cm³/mol. The molecule has 2 rings (SSSR count). The van der Waals surface area contributed by atoms with Crippen LogP contribution in [0, 0.1) is 5.92 Å². The minimum Gasteiger partial charge on any atom is -0.339 e. The molecular formula is C9H15NO. The summed E-state index contributed by atoms with van der Waals surface area (Å²) in [5.74, 6) is 1.12. The van der Waals surface area contributed by atoms with Crippen LogP contribution in [0.1, 0.15) is 32.1 Å². The van der Waals surface area contributed by atoms with E-state index in [1.54, 1.807) is 0 Å². The molecule has 2 aliphatic rings. The first-order valence-electron chi connectivity index (χ1n) is 4.64. The highest BCUT2D eigenvalue weighted by molar-refractivity contribution is 5.78. The molecule has 1 saturated carbocycles. The van der Waals surface area contributed by atoms with Gasteiger partial charge in [-0.05, 0) is 18.8 Å². The molecule has 1 amide bonds. The lowest BCUT2D eigenvalue weighted by atomic mass is 10.0. The van der Waals surface area contributed by atoms with Crippen LogP contribution < -0.4 is 0 Å². The molecule has 1 saturated heterocycles. The molecule has 2 fully saturated rings. The van der Waals surface area contributed by atoms with Gasteiger partial charge in [-0.1, -0.05) is 12.8 Å². The van der Waals surface area contributed by atoms with E-state index in [-0.39, 0.29) is 0 Å². The summed E-state index contributed by atoms with van der Waals surface area (Å²) in [6.45, 7) is 2.04. The zero-order chi connectivity index (χ0) is 7.68. The first kappa shape index (κ1) is 7.14. The van der Waals surface area contributed by atoms with Crippen LogP contribution in [0.5, 0.6) is 0 Å². The summed E-state index contributed by atoms with van der Waals surface area (Å²) in [5, 5.41) is 0. The highest BCUT2D eigenvalue weighted by atomic mass is 16.2. The summed E-state index contributed by atoms with van der Waals surface area (Å²) in [6, 6.07) is 0. The Morgan fingerprint density at radius 3 is 2.45 bits per heavy atom. The van der Waals surface area contributed by atoms with Crippen LogP contribution in [-0.4, -0.2) is 23.9 Å². The molecule has 11 heavy (non-hydrogen) atoms. The lowest BCUT2D eigenvalue weighted by Crippen LogP contribution is -2.13. The van der Waals surface area contributed by atoms with Crippen molar-refractivity contribution in [3.05, 3.63) is 0 Å². The second kappa shape index (κ2) is 2.84. The molecule has 0 aromatic heterocycles. The van der Waals surface area contributed by atoms with Crippen LogP contribution >= 0.6 is 0 Å². The van der Waals surface area contributed by atoms with Crippen molar-refractivity contribution in [3.8, 4) is 0 Å².